The van der Waals surface area contributed by atoms with Crippen molar-refractivity contribution in [3.8, 4) is 0 Å². The van der Waals surface area contributed by atoms with E-state index >= 15 is 0 Å². The first-order valence-corrected chi connectivity index (χ1v) is 7.44. The summed E-state index contributed by atoms with van der Waals surface area (Å²) in [5.41, 5.74) is 6.46. The van der Waals surface area contributed by atoms with Gasteiger partial charge < -0.3 is 11.1 Å². The van der Waals surface area contributed by atoms with Crippen molar-refractivity contribution in [3.63, 3.8) is 0 Å². The van der Waals surface area contributed by atoms with Crippen LogP contribution in [0.25, 0.3) is 0 Å². The third-order valence-electron chi connectivity index (χ3n) is 3.60. The summed E-state index contributed by atoms with van der Waals surface area (Å²) in [6, 6.07) is 0. The molecule has 0 saturated heterocycles. The highest BCUT2D eigenvalue weighted by Gasteiger charge is 2.30. The zero-order valence-electron chi connectivity index (χ0n) is 10.6. The Hall–Kier alpha value is -0.450. The average Bonchev–Trinajstić information content (AvgIpc) is 2.77. The van der Waals surface area contributed by atoms with Crippen LogP contribution in [0.3, 0.4) is 0 Å². The van der Waals surface area contributed by atoms with Crippen LogP contribution in [0.15, 0.2) is 11.6 Å². The summed E-state index contributed by atoms with van der Waals surface area (Å²) in [5, 5.41) is 6.74. The maximum absolute atomic E-state index is 6.43. The molecule has 3 N–H and O–H groups in total. The van der Waals surface area contributed by atoms with Gasteiger partial charge in [-0.05, 0) is 18.8 Å². The van der Waals surface area contributed by atoms with Gasteiger partial charge in [0.1, 0.15) is 0 Å². The second-order valence-corrected chi connectivity index (χ2v) is 6.40. The third-order valence-corrected chi connectivity index (χ3v) is 4.44. The molecule has 1 aromatic rings. The van der Waals surface area contributed by atoms with Crippen molar-refractivity contribution in [2.24, 2.45) is 11.7 Å². The summed E-state index contributed by atoms with van der Waals surface area (Å²) >= 11 is 1.73. The zero-order valence-corrected chi connectivity index (χ0v) is 11.4. The van der Waals surface area contributed by atoms with E-state index in [4.69, 9.17) is 5.73 Å². The quantitative estimate of drug-likeness (QED) is 0.791. The molecular formula is C13H23N3S. The molecule has 4 heteroatoms. The van der Waals surface area contributed by atoms with E-state index in [-0.39, 0.29) is 5.54 Å². The number of aromatic nitrogens is 1. The molecule has 3 nitrogen and oxygen atoms in total. The van der Waals surface area contributed by atoms with Gasteiger partial charge in [-0.3, -0.25) is 0 Å². The minimum atomic E-state index is 0.0283. The molecule has 1 aliphatic rings. The van der Waals surface area contributed by atoms with Crippen LogP contribution in [-0.2, 0) is 6.42 Å². The Morgan fingerprint density at radius 2 is 2.53 bits per heavy atom. The van der Waals surface area contributed by atoms with Gasteiger partial charge >= 0.3 is 0 Å². The Bertz CT molecular complexity index is 325. The predicted octanol–water partition coefficient (Wildman–Crippen LogP) is 2.18. The number of hydrogen-bond acceptors (Lipinski definition) is 4. The van der Waals surface area contributed by atoms with Crippen LogP contribution in [0, 0.1) is 5.92 Å². The molecule has 96 valence electrons. The molecule has 2 rings (SSSR count). The van der Waals surface area contributed by atoms with Crippen molar-refractivity contribution < 1.29 is 0 Å². The van der Waals surface area contributed by atoms with E-state index in [1.807, 2.05) is 11.6 Å². The summed E-state index contributed by atoms with van der Waals surface area (Å²) in [5.74, 6) is 0.787. The first kappa shape index (κ1) is 13.0. The van der Waals surface area contributed by atoms with Gasteiger partial charge in [0.25, 0.3) is 0 Å². The molecule has 1 heterocycles. The Morgan fingerprint density at radius 3 is 3.24 bits per heavy atom. The molecule has 1 aliphatic carbocycles. The molecule has 0 bridgehead atoms. The number of nitrogens with two attached hydrogens (primary N) is 1. The highest BCUT2D eigenvalue weighted by Crippen LogP contribution is 2.29. The highest BCUT2D eigenvalue weighted by atomic mass is 32.1. The Kier molecular flexibility index (Phi) is 4.54. The average molecular weight is 253 g/mol. The fourth-order valence-corrected chi connectivity index (χ4v) is 3.39. The Morgan fingerprint density at radius 1 is 1.65 bits per heavy atom. The summed E-state index contributed by atoms with van der Waals surface area (Å²) in [7, 11) is 0. The molecule has 1 fully saturated rings. The first-order chi connectivity index (χ1) is 8.18. The molecule has 0 spiro atoms. The Labute approximate surface area is 108 Å². The smallest absolute Gasteiger partial charge is 0.0937 e. The standard InChI is InChI=1S/C13H23N3S/c1-11-3-2-5-13(14,9-11)10-15-6-4-12-16-7-8-17-12/h7-8,11,15H,2-6,9-10,14H2,1H3. The van der Waals surface area contributed by atoms with E-state index < -0.39 is 0 Å². The summed E-state index contributed by atoms with van der Waals surface area (Å²) < 4.78 is 0. The van der Waals surface area contributed by atoms with E-state index in [9.17, 15) is 0 Å². The number of nitrogens with zero attached hydrogens (tertiary/aromatic N) is 1. The lowest BCUT2D eigenvalue weighted by molar-refractivity contribution is 0.230. The minimum Gasteiger partial charge on any atom is -0.324 e. The lowest BCUT2D eigenvalue weighted by atomic mass is 9.77. The summed E-state index contributed by atoms with van der Waals surface area (Å²) in [4.78, 5) is 4.28. The van der Waals surface area contributed by atoms with Crippen molar-refractivity contribution in [3.05, 3.63) is 16.6 Å². The van der Waals surface area contributed by atoms with E-state index in [1.165, 1.54) is 24.3 Å². The van der Waals surface area contributed by atoms with Gasteiger partial charge in [-0.25, -0.2) is 4.98 Å². The number of rotatable bonds is 5. The van der Waals surface area contributed by atoms with Crippen LogP contribution < -0.4 is 11.1 Å². The second kappa shape index (κ2) is 5.94. The predicted molar refractivity (Wildman–Crippen MR) is 73.2 cm³/mol. The normalized spacial score (nSPS) is 29.4. The topological polar surface area (TPSA) is 50.9 Å². The van der Waals surface area contributed by atoms with Crippen LogP contribution in [0.4, 0.5) is 0 Å². The van der Waals surface area contributed by atoms with Crippen molar-refractivity contribution in [1.82, 2.24) is 10.3 Å². The maximum atomic E-state index is 6.43. The fourth-order valence-electron chi connectivity index (χ4n) is 2.77. The number of nitrogens with one attached hydrogen (secondary N) is 1. The molecule has 2 unspecified atom stereocenters. The van der Waals surface area contributed by atoms with Crippen molar-refractivity contribution in [2.75, 3.05) is 13.1 Å². The number of thiazole rings is 1. The molecular weight excluding hydrogens is 230 g/mol. The second-order valence-electron chi connectivity index (χ2n) is 5.42. The molecule has 2 atom stereocenters. The molecule has 1 aromatic heterocycles. The fraction of sp³-hybridized carbons (Fsp3) is 0.769. The monoisotopic (exact) mass is 253 g/mol. The summed E-state index contributed by atoms with van der Waals surface area (Å²) in [6.45, 7) is 4.25. The lowest BCUT2D eigenvalue weighted by Crippen LogP contribution is -2.51. The minimum absolute atomic E-state index is 0.0283. The van der Waals surface area contributed by atoms with Gasteiger partial charge in [-0.1, -0.05) is 19.8 Å². The van der Waals surface area contributed by atoms with Gasteiger partial charge in [0.2, 0.25) is 0 Å². The molecule has 0 aliphatic heterocycles. The van der Waals surface area contributed by atoms with E-state index in [2.05, 4.69) is 17.2 Å². The van der Waals surface area contributed by atoms with Gasteiger partial charge in [-0.2, -0.15) is 0 Å². The van der Waals surface area contributed by atoms with Crippen molar-refractivity contribution in [2.45, 2.75) is 44.6 Å². The van der Waals surface area contributed by atoms with Crippen LogP contribution >= 0.6 is 11.3 Å². The van der Waals surface area contributed by atoms with E-state index in [0.29, 0.717) is 0 Å². The van der Waals surface area contributed by atoms with Crippen LogP contribution in [0.5, 0.6) is 0 Å². The van der Waals surface area contributed by atoms with Crippen LogP contribution in [0.1, 0.15) is 37.6 Å². The largest absolute Gasteiger partial charge is 0.324 e. The van der Waals surface area contributed by atoms with Gasteiger partial charge in [-0.15, -0.1) is 11.3 Å². The molecule has 0 aromatic carbocycles. The van der Waals surface area contributed by atoms with E-state index in [1.54, 1.807) is 11.3 Å². The molecule has 0 radical (unpaired) electrons. The SMILES string of the molecule is CC1CCCC(N)(CNCCc2nccs2)C1. The van der Waals surface area contributed by atoms with Crippen LogP contribution in [-0.4, -0.2) is 23.6 Å². The maximum Gasteiger partial charge on any atom is 0.0937 e. The first-order valence-electron chi connectivity index (χ1n) is 6.56. The van der Waals surface area contributed by atoms with Crippen molar-refractivity contribution in [1.29, 1.82) is 0 Å². The molecule has 0 amide bonds. The van der Waals surface area contributed by atoms with Gasteiger partial charge in [0.15, 0.2) is 0 Å². The molecule has 17 heavy (non-hydrogen) atoms. The zero-order chi connectivity index (χ0) is 12.1. The summed E-state index contributed by atoms with van der Waals surface area (Å²) in [6.07, 6.45) is 7.85. The molecule has 1 saturated carbocycles. The van der Waals surface area contributed by atoms with E-state index in [0.717, 1.165) is 31.8 Å². The van der Waals surface area contributed by atoms with Crippen molar-refractivity contribution >= 4 is 11.3 Å². The highest BCUT2D eigenvalue weighted by molar-refractivity contribution is 7.09. The number of hydrogen-bond donors (Lipinski definition) is 2. The van der Waals surface area contributed by atoms with Crippen LogP contribution in [0.2, 0.25) is 0 Å². The Balaban J connectivity index is 1.67. The third kappa shape index (κ3) is 4.05. The van der Waals surface area contributed by atoms with Gasteiger partial charge in [0.05, 0.1) is 5.01 Å². The lowest BCUT2D eigenvalue weighted by Gasteiger charge is -2.37. The van der Waals surface area contributed by atoms with Gasteiger partial charge in [0, 0.05) is 36.6 Å².